The molecule has 8 heteroatoms. The summed E-state index contributed by atoms with van der Waals surface area (Å²) in [6.45, 7) is 0. The summed E-state index contributed by atoms with van der Waals surface area (Å²) in [5, 5.41) is 0. The van der Waals surface area contributed by atoms with Crippen molar-refractivity contribution >= 4 is 63.5 Å². The van der Waals surface area contributed by atoms with Crippen LogP contribution in [0.15, 0.2) is 29.2 Å². The van der Waals surface area contributed by atoms with Crippen LogP contribution >= 0.6 is 47.8 Å². The summed E-state index contributed by atoms with van der Waals surface area (Å²) in [5.74, 6) is -0.679. The third kappa shape index (κ3) is 2.85. The predicted molar refractivity (Wildman–Crippen MR) is 71.7 cm³/mol. The van der Waals surface area contributed by atoms with Crippen molar-refractivity contribution < 1.29 is 13.2 Å². The average Bonchev–Trinajstić information content (AvgIpc) is 2.16. The second kappa shape index (κ2) is 4.75. The highest BCUT2D eigenvalue weighted by atomic mass is 80.0. The van der Waals surface area contributed by atoms with E-state index in [0.29, 0.717) is 0 Å². The Bertz CT molecular complexity index is 522. The van der Waals surface area contributed by atoms with Crippen LogP contribution in [-0.4, -0.2) is 15.8 Å². The first-order valence-corrected chi connectivity index (χ1v) is 7.73. The lowest BCUT2D eigenvalue weighted by Crippen LogP contribution is -2.19. The topological polar surface area (TPSA) is 77.2 Å². The Morgan fingerprint density at radius 1 is 1.25 bits per heavy atom. The summed E-state index contributed by atoms with van der Waals surface area (Å²) in [7, 11) is -3.69. The van der Waals surface area contributed by atoms with Crippen molar-refractivity contribution in [3.05, 3.63) is 29.8 Å². The highest BCUT2D eigenvalue weighted by Crippen LogP contribution is 2.43. The van der Waals surface area contributed by atoms with Crippen LogP contribution in [0, 0.1) is 0 Å². The summed E-state index contributed by atoms with van der Waals surface area (Å²) >= 11 is 8.78. The monoisotopic (exact) mass is 433 g/mol. The van der Waals surface area contributed by atoms with Crippen molar-refractivity contribution in [2.45, 2.75) is 6.37 Å². The Morgan fingerprint density at radius 3 is 2.25 bits per heavy atom. The predicted octanol–water partition coefficient (Wildman–Crippen LogP) is 2.36. The van der Waals surface area contributed by atoms with E-state index in [1.54, 1.807) is 0 Å². The van der Waals surface area contributed by atoms with Crippen LogP contribution in [0.1, 0.15) is 10.4 Å². The largest absolute Gasteiger partial charge is 0.366 e. The molecular weight excluding hydrogens is 430 g/mol. The standard InChI is InChI=1S/C8H6Br3NO3S/c9-8(10,11)16(14,15)6-3-1-2-5(4-6)7(12)13/h1-4H,(H2,12,13). The average molecular weight is 436 g/mol. The van der Waals surface area contributed by atoms with E-state index < -0.39 is 17.2 Å². The fourth-order valence-corrected chi connectivity index (χ4v) is 3.44. The van der Waals surface area contributed by atoms with Crippen LogP contribution < -0.4 is 5.73 Å². The van der Waals surface area contributed by atoms with Crippen LogP contribution in [0.25, 0.3) is 0 Å². The Labute approximate surface area is 118 Å². The molecule has 0 bridgehead atoms. The molecule has 0 heterocycles. The maximum absolute atomic E-state index is 11.9. The van der Waals surface area contributed by atoms with Gasteiger partial charge in [-0.1, -0.05) is 6.07 Å². The summed E-state index contributed by atoms with van der Waals surface area (Å²) in [6.07, 6.45) is 0. The number of hydrogen-bond donors (Lipinski definition) is 1. The first-order valence-electron chi connectivity index (χ1n) is 3.87. The van der Waals surface area contributed by atoms with Crippen LogP contribution in [-0.2, 0) is 9.84 Å². The molecule has 1 amide bonds. The number of primary amides is 1. The second-order valence-corrected chi connectivity index (χ2v) is 13.3. The zero-order chi connectivity index (χ0) is 12.6. The third-order valence-electron chi connectivity index (χ3n) is 1.73. The Kier molecular flexibility index (Phi) is 4.20. The Morgan fingerprint density at radius 2 is 1.81 bits per heavy atom. The fraction of sp³-hybridized carbons (Fsp3) is 0.125. The number of alkyl halides is 3. The molecule has 0 aliphatic heterocycles. The van der Waals surface area contributed by atoms with Crippen LogP contribution in [0.5, 0.6) is 0 Å². The molecule has 2 N–H and O–H groups in total. The molecule has 0 aliphatic rings. The number of carbonyl (C=O) groups is 1. The number of benzene rings is 1. The van der Waals surface area contributed by atoms with Gasteiger partial charge >= 0.3 is 0 Å². The van der Waals surface area contributed by atoms with Gasteiger partial charge in [0.15, 0.2) is 0 Å². The van der Waals surface area contributed by atoms with E-state index >= 15 is 0 Å². The van der Waals surface area contributed by atoms with Crippen molar-refractivity contribution in [3.63, 3.8) is 0 Å². The minimum absolute atomic E-state index is 0.0191. The quantitative estimate of drug-likeness (QED) is 0.724. The smallest absolute Gasteiger partial charge is 0.248 e. The van der Waals surface area contributed by atoms with E-state index in [0.717, 1.165) is 0 Å². The number of nitrogens with two attached hydrogens (primary N) is 1. The Balaban J connectivity index is 3.36. The molecule has 0 spiro atoms. The molecule has 0 unspecified atom stereocenters. The van der Waals surface area contributed by atoms with E-state index in [1.807, 2.05) is 0 Å². The van der Waals surface area contributed by atoms with Crippen molar-refractivity contribution in [3.8, 4) is 0 Å². The molecule has 0 fully saturated rings. The highest BCUT2D eigenvalue weighted by Gasteiger charge is 2.37. The molecule has 1 aromatic rings. The summed E-state index contributed by atoms with van der Waals surface area (Å²) < 4.78 is 22.4. The molecule has 16 heavy (non-hydrogen) atoms. The lowest BCUT2D eigenvalue weighted by Gasteiger charge is -2.13. The first-order chi connectivity index (χ1) is 7.16. The first kappa shape index (κ1) is 14.1. The molecule has 0 atom stereocenters. The van der Waals surface area contributed by atoms with Gasteiger partial charge in [0, 0.05) is 5.56 Å². The Hall–Kier alpha value is 0.0800. The summed E-state index contributed by atoms with van der Waals surface area (Å²) in [4.78, 5) is 10.9. The number of carbonyl (C=O) groups excluding carboxylic acids is 1. The number of hydrogen-bond acceptors (Lipinski definition) is 3. The van der Waals surface area contributed by atoms with E-state index in [1.165, 1.54) is 24.3 Å². The van der Waals surface area contributed by atoms with Crippen molar-refractivity contribution in [1.29, 1.82) is 0 Å². The lowest BCUT2D eigenvalue weighted by atomic mass is 10.2. The number of rotatable bonds is 2. The van der Waals surface area contributed by atoms with E-state index in [-0.39, 0.29) is 10.5 Å². The number of sulfone groups is 1. The molecule has 0 radical (unpaired) electrons. The molecule has 0 aliphatic carbocycles. The molecule has 1 rings (SSSR count). The van der Waals surface area contributed by atoms with Crippen LogP contribution in [0.3, 0.4) is 0 Å². The maximum atomic E-state index is 11.9. The summed E-state index contributed by atoms with van der Waals surface area (Å²) in [6, 6.07) is 5.49. The van der Waals surface area contributed by atoms with E-state index in [2.05, 4.69) is 47.8 Å². The maximum Gasteiger partial charge on any atom is 0.248 e. The molecule has 4 nitrogen and oxygen atoms in total. The molecule has 0 saturated carbocycles. The minimum Gasteiger partial charge on any atom is -0.366 e. The minimum atomic E-state index is -3.69. The van der Waals surface area contributed by atoms with Gasteiger partial charge in [-0.25, -0.2) is 8.42 Å². The van der Waals surface area contributed by atoms with Crippen LogP contribution in [0.2, 0.25) is 0 Å². The van der Waals surface area contributed by atoms with E-state index in [9.17, 15) is 13.2 Å². The van der Waals surface area contributed by atoms with Gasteiger partial charge in [-0.2, -0.15) is 0 Å². The number of halogens is 3. The second-order valence-electron chi connectivity index (χ2n) is 2.84. The fourth-order valence-electron chi connectivity index (χ4n) is 0.950. The molecule has 0 aromatic heterocycles. The lowest BCUT2D eigenvalue weighted by molar-refractivity contribution is 0.1000. The highest BCUT2D eigenvalue weighted by molar-refractivity contribution is 9.42. The zero-order valence-corrected chi connectivity index (χ0v) is 13.2. The van der Waals surface area contributed by atoms with Gasteiger partial charge in [0.25, 0.3) is 0 Å². The number of amides is 1. The van der Waals surface area contributed by atoms with Gasteiger partial charge in [-0.05, 0) is 66.0 Å². The van der Waals surface area contributed by atoms with Gasteiger partial charge in [0.05, 0.1) is 4.90 Å². The summed E-state index contributed by atoms with van der Waals surface area (Å²) in [5.41, 5.74) is 5.20. The normalized spacial score (nSPS) is 12.4. The van der Waals surface area contributed by atoms with Crippen molar-refractivity contribution in [1.82, 2.24) is 0 Å². The molecule has 88 valence electrons. The van der Waals surface area contributed by atoms with Gasteiger partial charge < -0.3 is 5.73 Å². The molecule has 1 aromatic carbocycles. The van der Waals surface area contributed by atoms with Gasteiger partial charge in [0.2, 0.25) is 17.2 Å². The van der Waals surface area contributed by atoms with Gasteiger partial charge in [-0.15, -0.1) is 0 Å². The third-order valence-corrected chi connectivity index (χ3v) is 7.05. The zero-order valence-electron chi connectivity index (χ0n) is 7.65. The molecule has 0 saturated heterocycles. The van der Waals surface area contributed by atoms with Gasteiger partial charge in [0.1, 0.15) is 0 Å². The van der Waals surface area contributed by atoms with Crippen LogP contribution in [0.4, 0.5) is 0 Å². The van der Waals surface area contributed by atoms with Gasteiger partial charge in [-0.3, -0.25) is 4.79 Å². The van der Waals surface area contributed by atoms with Crippen molar-refractivity contribution in [2.75, 3.05) is 0 Å². The van der Waals surface area contributed by atoms with E-state index in [4.69, 9.17) is 5.73 Å². The molecular formula is C8H6Br3NO3S. The SMILES string of the molecule is NC(=O)c1cccc(S(=O)(=O)C(Br)(Br)Br)c1. The van der Waals surface area contributed by atoms with Crippen molar-refractivity contribution in [2.24, 2.45) is 5.73 Å².